The van der Waals surface area contributed by atoms with Crippen molar-refractivity contribution < 1.29 is 13.7 Å². The Morgan fingerprint density at radius 1 is 0.457 bits per heavy atom. The molecule has 46 heavy (non-hydrogen) atoms. The fourth-order valence-corrected chi connectivity index (χ4v) is 5.11. The summed E-state index contributed by atoms with van der Waals surface area (Å²) in [6.07, 6.45) is 0. The molecule has 1 fully saturated rings. The van der Waals surface area contributed by atoms with Gasteiger partial charge < -0.3 is 19.0 Å². The second-order valence-electron chi connectivity index (χ2n) is 13.5. The van der Waals surface area contributed by atoms with Crippen molar-refractivity contribution in [2.45, 2.75) is 73.5 Å². The third-order valence-electron chi connectivity index (χ3n) is 8.79. The molecule has 0 unspecified atom stereocenters. The lowest BCUT2D eigenvalue weighted by Crippen LogP contribution is -2.41. The van der Waals surface area contributed by atoms with Crippen LogP contribution in [-0.4, -0.2) is 18.3 Å². The molecule has 5 heteroatoms. The number of fused-ring (bicyclic) bond motifs is 3. The van der Waals surface area contributed by atoms with E-state index in [0.29, 0.717) is 0 Å². The van der Waals surface area contributed by atoms with Crippen molar-refractivity contribution in [1.82, 2.24) is 0 Å². The first-order valence-electron chi connectivity index (χ1n) is 16.0. The summed E-state index contributed by atoms with van der Waals surface area (Å²) >= 11 is 0. The van der Waals surface area contributed by atoms with Crippen molar-refractivity contribution in [3.8, 4) is 0 Å². The minimum absolute atomic E-state index is 0.245. The van der Waals surface area contributed by atoms with Crippen LogP contribution in [0.25, 0.3) is 21.9 Å². The van der Waals surface area contributed by atoms with Gasteiger partial charge in [0.15, 0.2) is 0 Å². The van der Waals surface area contributed by atoms with Gasteiger partial charge in [0, 0.05) is 22.1 Å². The highest BCUT2D eigenvalue weighted by atomic mass is 16.7. The number of aryl methyl sites for hydroxylation is 5. The first-order chi connectivity index (χ1) is 21.8. The highest BCUT2D eigenvalue weighted by molar-refractivity contribution is 6.62. The fraction of sp³-hybridized carbons (Fsp3) is 0.268. The molecule has 7 rings (SSSR count). The molecule has 236 valence electrons. The number of hydrogen-bond donors (Lipinski definition) is 1. The molecule has 0 radical (unpaired) electrons. The normalized spacial score (nSPS) is 14.8. The lowest BCUT2D eigenvalue weighted by atomic mass is 9.79. The van der Waals surface area contributed by atoms with Crippen molar-refractivity contribution in [3.63, 3.8) is 0 Å². The molecule has 0 saturated carbocycles. The highest BCUT2D eigenvalue weighted by Gasteiger charge is 2.51. The number of furan rings is 1. The van der Waals surface area contributed by atoms with E-state index in [1.54, 1.807) is 0 Å². The standard InChI is InChI=1S/C20H17NO.C13H19BO2.C8H10/c1-13-3-6-15(7-4-13)21-16-8-10-20-18(12-16)17-11-14(2)5-9-19(17)22-20;1-10-6-8-11(9-7-10)14-15-12(2,3)13(4,5)16-14;1-7-3-5-8(2)6-4-7/h3-12,21H,1-2H3;6-9H,1-5H3;3-6H,1-2H3. The van der Waals surface area contributed by atoms with Crippen LogP contribution in [0.15, 0.2) is 114 Å². The minimum atomic E-state index is -0.261. The maximum Gasteiger partial charge on any atom is 0.494 e. The van der Waals surface area contributed by atoms with E-state index in [4.69, 9.17) is 13.7 Å². The van der Waals surface area contributed by atoms with Crippen molar-refractivity contribution in [2.75, 3.05) is 5.32 Å². The maximum absolute atomic E-state index is 5.97. The van der Waals surface area contributed by atoms with E-state index >= 15 is 0 Å². The summed E-state index contributed by atoms with van der Waals surface area (Å²) < 4.78 is 17.8. The minimum Gasteiger partial charge on any atom is -0.456 e. The summed E-state index contributed by atoms with van der Waals surface area (Å²) in [7, 11) is -0.245. The molecule has 0 bridgehead atoms. The third kappa shape index (κ3) is 7.90. The number of hydrogen-bond acceptors (Lipinski definition) is 4. The summed E-state index contributed by atoms with van der Waals surface area (Å²) in [5.41, 5.74) is 11.0. The fourth-order valence-electron chi connectivity index (χ4n) is 5.11. The van der Waals surface area contributed by atoms with Crippen LogP contribution in [0.3, 0.4) is 0 Å². The summed E-state index contributed by atoms with van der Waals surface area (Å²) in [6.45, 7) is 18.8. The van der Waals surface area contributed by atoms with Gasteiger partial charge in [-0.25, -0.2) is 0 Å². The van der Waals surface area contributed by atoms with Gasteiger partial charge in [-0.3, -0.25) is 0 Å². The molecule has 1 aromatic heterocycles. The van der Waals surface area contributed by atoms with Crippen LogP contribution in [0.2, 0.25) is 0 Å². The monoisotopic (exact) mass is 611 g/mol. The van der Waals surface area contributed by atoms with Crippen LogP contribution in [0.4, 0.5) is 11.4 Å². The molecule has 4 nitrogen and oxygen atoms in total. The molecule has 0 atom stereocenters. The van der Waals surface area contributed by atoms with Crippen molar-refractivity contribution in [3.05, 3.63) is 137 Å². The highest BCUT2D eigenvalue weighted by Crippen LogP contribution is 2.36. The van der Waals surface area contributed by atoms with Crippen molar-refractivity contribution >= 4 is 45.9 Å². The SMILES string of the molecule is Cc1ccc(B2OC(C)(C)C(C)(C)O2)cc1.Cc1ccc(C)cc1.Cc1ccc(Nc2ccc3oc4ccc(C)cc4c3c2)cc1. The largest absolute Gasteiger partial charge is 0.494 e. The Kier molecular flexibility index (Phi) is 9.76. The predicted octanol–water partition coefficient (Wildman–Crippen LogP) is 10.5. The molecule has 0 spiro atoms. The van der Waals surface area contributed by atoms with Crippen molar-refractivity contribution in [2.24, 2.45) is 0 Å². The number of nitrogens with one attached hydrogen (secondary N) is 1. The lowest BCUT2D eigenvalue weighted by molar-refractivity contribution is 0.00578. The molecule has 6 aromatic rings. The van der Waals surface area contributed by atoms with E-state index in [0.717, 1.165) is 33.4 Å². The van der Waals surface area contributed by atoms with Crippen LogP contribution in [0, 0.1) is 34.6 Å². The molecule has 1 saturated heterocycles. The Balaban J connectivity index is 0.000000152. The summed E-state index contributed by atoms with van der Waals surface area (Å²) in [5, 5.41) is 5.77. The summed E-state index contributed by atoms with van der Waals surface area (Å²) in [6, 6.07) is 37.7. The summed E-state index contributed by atoms with van der Waals surface area (Å²) in [4.78, 5) is 0. The number of benzene rings is 5. The topological polar surface area (TPSA) is 43.6 Å². The first-order valence-corrected chi connectivity index (χ1v) is 16.0. The Morgan fingerprint density at radius 3 is 1.37 bits per heavy atom. The predicted molar refractivity (Wildman–Crippen MR) is 196 cm³/mol. The number of anilines is 2. The van der Waals surface area contributed by atoms with Crippen LogP contribution in [-0.2, 0) is 9.31 Å². The van der Waals surface area contributed by atoms with E-state index in [9.17, 15) is 0 Å². The zero-order valence-electron chi connectivity index (χ0n) is 28.7. The average Bonchev–Trinajstić information content (AvgIpc) is 3.48. The van der Waals surface area contributed by atoms with Crippen molar-refractivity contribution in [1.29, 1.82) is 0 Å². The first kappa shape index (κ1) is 33.1. The molecule has 1 N–H and O–H groups in total. The zero-order valence-corrected chi connectivity index (χ0v) is 28.7. The van der Waals surface area contributed by atoms with Gasteiger partial charge >= 0.3 is 7.12 Å². The van der Waals surface area contributed by atoms with Gasteiger partial charge in [0.2, 0.25) is 0 Å². The second kappa shape index (κ2) is 13.6. The lowest BCUT2D eigenvalue weighted by Gasteiger charge is -2.32. The molecular weight excluding hydrogens is 565 g/mol. The van der Waals surface area contributed by atoms with Gasteiger partial charge in [0.05, 0.1) is 11.2 Å². The van der Waals surface area contributed by atoms with E-state index in [1.165, 1.54) is 33.2 Å². The van der Waals surface area contributed by atoms with E-state index in [2.05, 4.69) is 165 Å². The van der Waals surface area contributed by atoms with Crippen LogP contribution in [0.1, 0.15) is 55.5 Å². The Labute approximate surface area is 274 Å². The van der Waals surface area contributed by atoms with E-state index < -0.39 is 0 Å². The summed E-state index contributed by atoms with van der Waals surface area (Å²) in [5.74, 6) is 0. The molecule has 5 aromatic carbocycles. The quantitative estimate of drug-likeness (QED) is 0.202. The van der Waals surface area contributed by atoms with Gasteiger partial charge in [-0.1, -0.05) is 94.5 Å². The van der Waals surface area contributed by atoms with E-state index in [1.807, 2.05) is 12.1 Å². The second-order valence-corrected chi connectivity index (χ2v) is 13.5. The van der Waals surface area contributed by atoms with Gasteiger partial charge in [-0.05, 0) is 110 Å². The Bertz CT molecular complexity index is 1870. The van der Waals surface area contributed by atoms with Crippen LogP contribution >= 0.6 is 0 Å². The molecule has 1 aliphatic heterocycles. The maximum atomic E-state index is 5.97. The molecule has 0 aliphatic carbocycles. The molecule has 1 aliphatic rings. The molecule has 0 amide bonds. The smallest absolute Gasteiger partial charge is 0.456 e. The number of rotatable bonds is 3. The van der Waals surface area contributed by atoms with Gasteiger partial charge in [0.1, 0.15) is 11.2 Å². The average molecular weight is 612 g/mol. The van der Waals surface area contributed by atoms with Gasteiger partial charge in [-0.15, -0.1) is 0 Å². The Hall–Kier alpha value is -4.32. The van der Waals surface area contributed by atoms with Crippen LogP contribution < -0.4 is 10.8 Å². The van der Waals surface area contributed by atoms with Gasteiger partial charge in [0.25, 0.3) is 0 Å². The molecule has 2 heterocycles. The van der Waals surface area contributed by atoms with Crippen LogP contribution in [0.5, 0.6) is 0 Å². The zero-order chi connectivity index (χ0) is 33.1. The van der Waals surface area contributed by atoms with E-state index in [-0.39, 0.29) is 18.3 Å². The third-order valence-corrected chi connectivity index (χ3v) is 8.79. The molecular formula is C41H46BNO3. The Morgan fingerprint density at radius 2 is 0.848 bits per heavy atom. The van der Waals surface area contributed by atoms with Gasteiger partial charge in [-0.2, -0.15) is 0 Å².